The van der Waals surface area contributed by atoms with E-state index in [-0.39, 0.29) is 6.17 Å². The number of para-hydroxylation sites is 1. The molecular weight excluding hydrogens is 452 g/mol. The summed E-state index contributed by atoms with van der Waals surface area (Å²) in [5.41, 5.74) is 4.17. The molecule has 0 radical (unpaired) electrons. The molecule has 2 N–H and O–H groups in total. The fraction of sp³-hybridized carbons (Fsp3) is 0.321. The molecule has 3 heterocycles. The number of methoxy groups -OCH3 is 1. The zero-order chi connectivity index (χ0) is 25.3. The highest BCUT2D eigenvalue weighted by molar-refractivity contribution is 5.99. The minimum absolute atomic E-state index is 0.00449. The van der Waals surface area contributed by atoms with Crippen molar-refractivity contribution >= 4 is 22.8 Å². The summed E-state index contributed by atoms with van der Waals surface area (Å²) in [4.78, 5) is 14.0. The van der Waals surface area contributed by atoms with Crippen molar-refractivity contribution in [1.82, 2.24) is 15.2 Å². The van der Waals surface area contributed by atoms with Gasteiger partial charge in [0.25, 0.3) is 0 Å². The van der Waals surface area contributed by atoms with Crippen molar-refractivity contribution < 1.29 is 9.84 Å². The second-order valence-corrected chi connectivity index (χ2v) is 9.57. The fourth-order valence-corrected chi connectivity index (χ4v) is 4.76. The Hall–Kier alpha value is -3.93. The third-order valence-corrected chi connectivity index (χ3v) is 6.78. The molecule has 184 valence electrons. The number of fused-ring (bicyclic) bond motifs is 1. The van der Waals surface area contributed by atoms with Gasteiger partial charge in [-0.2, -0.15) is 5.26 Å². The van der Waals surface area contributed by atoms with Crippen molar-refractivity contribution in [2.75, 3.05) is 38.2 Å². The third kappa shape index (κ3) is 4.51. The second kappa shape index (κ2) is 9.61. The summed E-state index contributed by atoms with van der Waals surface area (Å²) in [6, 6.07) is 15.8. The Bertz CT molecular complexity index is 1360. The Labute approximate surface area is 211 Å². The molecular formula is C28H30N6O2. The summed E-state index contributed by atoms with van der Waals surface area (Å²) in [6.07, 6.45) is 5.58. The molecule has 2 aliphatic heterocycles. The van der Waals surface area contributed by atoms with E-state index in [2.05, 4.69) is 26.2 Å². The normalized spacial score (nSPS) is 18.5. The van der Waals surface area contributed by atoms with Crippen LogP contribution in [-0.2, 0) is 0 Å². The smallest absolute Gasteiger partial charge is 0.153 e. The quantitative estimate of drug-likeness (QED) is 0.574. The van der Waals surface area contributed by atoms with Crippen LogP contribution in [0.15, 0.2) is 65.6 Å². The van der Waals surface area contributed by atoms with Gasteiger partial charge in [0, 0.05) is 49.5 Å². The predicted molar refractivity (Wildman–Crippen MR) is 142 cm³/mol. The first-order chi connectivity index (χ1) is 17.4. The molecule has 0 saturated carbocycles. The number of anilines is 1. The lowest BCUT2D eigenvalue weighted by Crippen LogP contribution is -2.55. The van der Waals surface area contributed by atoms with Crippen molar-refractivity contribution in [3.05, 3.63) is 66.1 Å². The second-order valence-electron chi connectivity index (χ2n) is 9.57. The highest BCUT2D eigenvalue weighted by Gasteiger charge is 2.28. The number of ether oxygens (including phenoxy) is 1. The Balaban J connectivity index is 1.36. The standard InChI is InChI=1S/C28H30N6O2/c1-28(2,35)24-17-31-25(18-30-24)34-13-11-33(12-14-34)23-16-32-26-21(5-4-6-22(26)27(23)36-3)20-9-7-19(15-29)8-10-20/h4-10,16-18,25,31,35H,11-14H2,1-3H3. The van der Waals surface area contributed by atoms with E-state index in [0.717, 1.165) is 59.6 Å². The number of aromatic nitrogens is 1. The van der Waals surface area contributed by atoms with Gasteiger partial charge in [0.15, 0.2) is 5.75 Å². The van der Waals surface area contributed by atoms with E-state index in [1.165, 1.54) is 0 Å². The maximum Gasteiger partial charge on any atom is 0.153 e. The number of hydrogen-bond donors (Lipinski definition) is 2. The Morgan fingerprint density at radius 3 is 2.47 bits per heavy atom. The lowest BCUT2D eigenvalue weighted by molar-refractivity contribution is 0.116. The van der Waals surface area contributed by atoms with Crippen LogP contribution in [0.1, 0.15) is 19.4 Å². The number of pyridine rings is 1. The van der Waals surface area contributed by atoms with Crippen molar-refractivity contribution in [2.45, 2.75) is 25.6 Å². The maximum absolute atomic E-state index is 10.2. The van der Waals surface area contributed by atoms with Gasteiger partial charge in [0.2, 0.25) is 0 Å². The van der Waals surface area contributed by atoms with E-state index in [0.29, 0.717) is 11.3 Å². The van der Waals surface area contributed by atoms with E-state index in [1.807, 2.05) is 54.9 Å². The molecule has 1 fully saturated rings. The number of nitriles is 1. The molecule has 0 bridgehead atoms. The molecule has 2 aliphatic rings. The van der Waals surface area contributed by atoms with Gasteiger partial charge in [-0.1, -0.05) is 24.3 Å². The first-order valence-electron chi connectivity index (χ1n) is 12.1. The van der Waals surface area contributed by atoms with Crippen LogP contribution in [0.4, 0.5) is 5.69 Å². The largest absolute Gasteiger partial charge is 0.494 e. The molecule has 1 aromatic heterocycles. The molecule has 36 heavy (non-hydrogen) atoms. The lowest BCUT2D eigenvalue weighted by Gasteiger charge is -2.40. The van der Waals surface area contributed by atoms with Gasteiger partial charge in [0.05, 0.1) is 41.8 Å². The van der Waals surface area contributed by atoms with E-state index in [9.17, 15) is 5.11 Å². The topological polar surface area (TPSA) is 97.0 Å². The number of aliphatic imine (C=N–C) groups is 1. The minimum Gasteiger partial charge on any atom is -0.494 e. The first-order valence-corrected chi connectivity index (χ1v) is 12.1. The summed E-state index contributed by atoms with van der Waals surface area (Å²) in [5, 5.41) is 23.6. The molecule has 0 aliphatic carbocycles. The number of hydrogen-bond acceptors (Lipinski definition) is 8. The van der Waals surface area contributed by atoms with Crippen LogP contribution in [0, 0.1) is 11.3 Å². The molecule has 1 unspecified atom stereocenters. The monoisotopic (exact) mass is 482 g/mol. The van der Waals surface area contributed by atoms with Crippen LogP contribution >= 0.6 is 0 Å². The van der Waals surface area contributed by atoms with Gasteiger partial charge in [-0.3, -0.25) is 14.9 Å². The first kappa shape index (κ1) is 23.8. The van der Waals surface area contributed by atoms with E-state index in [1.54, 1.807) is 27.2 Å². The van der Waals surface area contributed by atoms with Gasteiger partial charge in [-0.25, -0.2) is 0 Å². The highest BCUT2D eigenvalue weighted by Crippen LogP contribution is 2.39. The van der Waals surface area contributed by atoms with Gasteiger partial charge >= 0.3 is 0 Å². The molecule has 3 aromatic rings. The van der Waals surface area contributed by atoms with Crippen molar-refractivity contribution in [3.8, 4) is 22.9 Å². The summed E-state index contributed by atoms with van der Waals surface area (Å²) < 4.78 is 5.92. The van der Waals surface area contributed by atoms with Crippen LogP contribution in [0.5, 0.6) is 5.75 Å². The Kier molecular flexibility index (Phi) is 6.35. The maximum atomic E-state index is 10.2. The summed E-state index contributed by atoms with van der Waals surface area (Å²) >= 11 is 0. The minimum atomic E-state index is -0.966. The third-order valence-electron chi connectivity index (χ3n) is 6.78. The zero-order valence-corrected chi connectivity index (χ0v) is 20.8. The molecule has 8 nitrogen and oxygen atoms in total. The van der Waals surface area contributed by atoms with Crippen molar-refractivity contribution in [1.29, 1.82) is 5.26 Å². The summed E-state index contributed by atoms with van der Waals surface area (Å²) in [7, 11) is 1.71. The number of benzene rings is 2. The SMILES string of the molecule is COc1c(N2CCN(C3C=NC(C(C)(C)O)=CN3)CC2)cnc2c(-c3ccc(C#N)cc3)cccc12. The number of nitrogens with one attached hydrogen (secondary N) is 1. The number of rotatable bonds is 5. The summed E-state index contributed by atoms with van der Waals surface area (Å²) in [5.74, 6) is 0.819. The summed E-state index contributed by atoms with van der Waals surface area (Å²) in [6.45, 7) is 6.81. The van der Waals surface area contributed by atoms with Crippen molar-refractivity contribution in [2.24, 2.45) is 4.99 Å². The van der Waals surface area contributed by atoms with E-state index >= 15 is 0 Å². The van der Waals surface area contributed by atoms with Crippen LogP contribution in [-0.4, -0.2) is 66.3 Å². The highest BCUT2D eigenvalue weighted by atomic mass is 16.5. The van der Waals surface area contributed by atoms with Crippen LogP contribution < -0.4 is 15.0 Å². The fourth-order valence-electron chi connectivity index (χ4n) is 4.76. The molecule has 1 atom stereocenters. The lowest BCUT2D eigenvalue weighted by atomic mass is 10.00. The van der Waals surface area contributed by atoms with Crippen LogP contribution in [0.3, 0.4) is 0 Å². The molecule has 8 heteroatoms. The van der Waals surface area contributed by atoms with Gasteiger partial charge < -0.3 is 20.1 Å². The van der Waals surface area contributed by atoms with Gasteiger partial charge in [-0.05, 0) is 37.6 Å². The van der Waals surface area contributed by atoms with Crippen molar-refractivity contribution in [3.63, 3.8) is 0 Å². The van der Waals surface area contributed by atoms with E-state index < -0.39 is 5.60 Å². The average Bonchev–Trinajstić information content (AvgIpc) is 2.92. The number of aliphatic hydroxyl groups is 1. The molecule has 5 rings (SSSR count). The van der Waals surface area contributed by atoms with Gasteiger partial charge in [0.1, 0.15) is 11.8 Å². The zero-order valence-electron chi connectivity index (χ0n) is 20.8. The van der Waals surface area contributed by atoms with Crippen LogP contribution in [0.2, 0.25) is 0 Å². The molecule has 2 aromatic carbocycles. The average molecular weight is 483 g/mol. The number of piperazine rings is 1. The van der Waals surface area contributed by atoms with Crippen LogP contribution in [0.25, 0.3) is 22.0 Å². The molecule has 0 amide bonds. The molecule has 0 spiro atoms. The predicted octanol–water partition coefficient (Wildman–Crippen LogP) is 3.52. The Morgan fingerprint density at radius 1 is 1.11 bits per heavy atom. The van der Waals surface area contributed by atoms with Gasteiger partial charge in [-0.15, -0.1) is 0 Å². The molecule has 1 saturated heterocycles. The Morgan fingerprint density at radius 2 is 1.86 bits per heavy atom. The number of nitrogens with zero attached hydrogens (tertiary/aromatic N) is 5. The van der Waals surface area contributed by atoms with E-state index in [4.69, 9.17) is 15.0 Å².